The number of nitrogens with zero attached hydrogens (tertiary/aromatic N) is 4. The molecule has 6 heteroatoms. The zero-order valence-corrected chi connectivity index (χ0v) is 11.4. The van der Waals surface area contributed by atoms with Crippen LogP contribution in [0.3, 0.4) is 0 Å². The van der Waals surface area contributed by atoms with Gasteiger partial charge in [-0.15, -0.1) is 0 Å². The van der Waals surface area contributed by atoms with E-state index in [1.807, 2.05) is 6.92 Å². The first-order valence-corrected chi connectivity index (χ1v) is 6.47. The fourth-order valence-corrected chi connectivity index (χ4v) is 2.14. The fraction of sp³-hybridized carbons (Fsp3) is 0.833. The number of aromatic nitrogens is 2. The molecule has 0 amide bonds. The molecule has 0 aliphatic carbocycles. The van der Waals surface area contributed by atoms with E-state index in [2.05, 4.69) is 34.0 Å². The van der Waals surface area contributed by atoms with E-state index in [0.717, 1.165) is 45.0 Å². The maximum atomic E-state index is 5.74. The lowest BCUT2D eigenvalue weighted by molar-refractivity contribution is -0.0414. The third-order valence-electron chi connectivity index (χ3n) is 2.97. The zero-order valence-electron chi connectivity index (χ0n) is 11.4. The summed E-state index contributed by atoms with van der Waals surface area (Å²) in [5.74, 6) is 1.49. The molecule has 1 aliphatic rings. The first-order valence-electron chi connectivity index (χ1n) is 6.47. The molecule has 1 saturated heterocycles. The number of likely N-dealkylation sites (N-methyl/N-ethyl adjacent to an activating group) is 1. The van der Waals surface area contributed by atoms with E-state index in [-0.39, 0.29) is 6.10 Å². The molecule has 6 nitrogen and oxygen atoms in total. The van der Waals surface area contributed by atoms with Crippen molar-refractivity contribution in [2.24, 2.45) is 0 Å². The van der Waals surface area contributed by atoms with Crippen molar-refractivity contribution in [3.05, 3.63) is 11.7 Å². The minimum Gasteiger partial charge on any atom is -0.374 e. The average molecular weight is 254 g/mol. The molecule has 1 atom stereocenters. The second kappa shape index (κ2) is 6.26. The van der Waals surface area contributed by atoms with E-state index >= 15 is 0 Å². The summed E-state index contributed by atoms with van der Waals surface area (Å²) in [6, 6.07) is 0. The molecule has 1 fully saturated rings. The van der Waals surface area contributed by atoms with Crippen LogP contribution in [0.5, 0.6) is 0 Å². The van der Waals surface area contributed by atoms with Crippen molar-refractivity contribution in [2.45, 2.75) is 26.0 Å². The largest absolute Gasteiger partial charge is 0.374 e. The molecule has 0 aromatic carbocycles. The van der Waals surface area contributed by atoms with Crippen molar-refractivity contribution in [3.8, 4) is 0 Å². The Labute approximate surface area is 108 Å². The van der Waals surface area contributed by atoms with Crippen molar-refractivity contribution in [2.75, 3.05) is 40.3 Å². The molecule has 1 aromatic rings. The minimum absolute atomic E-state index is 0.270. The van der Waals surface area contributed by atoms with Crippen molar-refractivity contribution < 1.29 is 9.26 Å². The molecule has 0 saturated carbocycles. The van der Waals surface area contributed by atoms with E-state index in [0.29, 0.717) is 5.89 Å². The second-order valence-electron chi connectivity index (χ2n) is 4.95. The zero-order chi connectivity index (χ0) is 13.0. The van der Waals surface area contributed by atoms with Gasteiger partial charge in [0.15, 0.2) is 5.82 Å². The van der Waals surface area contributed by atoms with Crippen molar-refractivity contribution in [1.29, 1.82) is 0 Å². The standard InChI is InChI=1S/C12H22N4O2/c1-4-12-13-11(14-18-12)9-16-5-6-17-10(8-16)7-15(2)3/h10H,4-9H2,1-3H3/t10-/m1/s1. The summed E-state index contributed by atoms with van der Waals surface area (Å²) < 4.78 is 10.9. The summed E-state index contributed by atoms with van der Waals surface area (Å²) in [5, 5.41) is 3.99. The number of aryl methyl sites for hydroxylation is 1. The third kappa shape index (κ3) is 3.76. The normalized spacial score (nSPS) is 21.7. The topological polar surface area (TPSA) is 54.6 Å². The van der Waals surface area contributed by atoms with Crippen molar-refractivity contribution >= 4 is 0 Å². The van der Waals surface area contributed by atoms with E-state index in [9.17, 15) is 0 Å². The van der Waals surface area contributed by atoms with Crippen LogP contribution in [0.2, 0.25) is 0 Å². The summed E-state index contributed by atoms with van der Waals surface area (Å²) in [7, 11) is 4.13. The van der Waals surface area contributed by atoms with Crippen LogP contribution in [0.15, 0.2) is 4.52 Å². The lowest BCUT2D eigenvalue weighted by Gasteiger charge is -2.33. The van der Waals surface area contributed by atoms with E-state index in [1.165, 1.54) is 0 Å². The molecule has 0 unspecified atom stereocenters. The molecule has 1 aliphatic heterocycles. The third-order valence-corrected chi connectivity index (χ3v) is 2.97. The monoisotopic (exact) mass is 254 g/mol. The maximum Gasteiger partial charge on any atom is 0.226 e. The van der Waals surface area contributed by atoms with Gasteiger partial charge in [0.05, 0.1) is 19.3 Å². The number of morpholine rings is 1. The second-order valence-corrected chi connectivity index (χ2v) is 4.95. The van der Waals surface area contributed by atoms with Gasteiger partial charge < -0.3 is 14.2 Å². The van der Waals surface area contributed by atoms with Gasteiger partial charge in [-0.25, -0.2) is 0 Å². The number of ether oxygens (including phenoxy) is 1. The number of rotatable bonds is 5. The Morgan fingerprint density at radius 2 is 2.28 bits per heavy atom. The lowest BCUT2D eigenvalue weighted by Crippen LogP contribution is -2.46. The van der Waals surface area contributed by atoms with Crippen LogP contribution < -0.4 is 0 Å². The molecule has 0 radical (unpaired) electrons. The van der Waals surface area contributed by atoms with Gasteiger partial charge in [-0.2, -0.15) is 4.98 Å². The highest BCUT2D eigenvalue weighted by Gasteiger charge is 2.22. The highest BCUT2D eigenvalue weighted by atomic mass is 16.5. The van der Waals surface area contributed by atoms with Gasteiger partial charge in [0.2, 0.25) is 5.89 Å². The highest BCUT2D eigenvalue weighted by molar-refractivity contribution is 4.87. The molecule has 2 heterocycles. The SMILES string of the molecule is CCc1nc(CN2CCO[C@H](CN(C)C)C2)no1. The molecule has 0 spiro atoms. The first-order chi connectivity index (χ1) is 8.67. The van der Waals surface area contributed by atoms with Gasteiger partial charge in [0.25, 0.3) is 0 Å². The van der Waals surface area contributed by atoms with Crippen LogP contribution in [-0.4, -0.2) is 66.4 Å². The van der Waals surface area contributed by atoms with Gasteiger partial charge in [0.1, 0.15) is 0 Å². The Bertz CT molecular complexity index is 367. The molecule has 2 rings (SSSR count). The predicted molar refractivity (Wildman–Crippen MR) is 67.2 cm³/mol. The smallest absolute Gasteiger partial charge is 0.226 e. The Hall–Kier alpha value is -0.980. The minimum atomic E-state index is 0.270. The summed E-state index contributed by atoms with van der Waals surface area (Å²) in [4.78, 5) is 8.81. The van der Waals surface area contributed by atoms with Crippen LogP contribution >= 0.6 is 0 Å². The Balaban J connectivity index is 1.85. The molecule has 1 aromatic heterocycles. The van der Waals surface area contributed by atoms with Crippen LogP contribution in [0, 0.1) is 0 Å². The Morgan fingerprint density at radius 1 is 1.44 bits per heavy atom. The van der Waals surface area contributed by atoms with E-state index in [4.69, 9.17) is 9.26 Å². The predicted octanol–water partition coefficient (Wildman–Crippen LogP) is 0.394. The Morgan fingerprint density at radius 3 is 2.94 bits per heavy atom. The molecule has 0 bridgehead atoms. The van der Waals surface area contributed by atoms with Crippen molar-refractivity contribution in [3.63, 3.8) is 0 Å². The molecular weight excluding hydrogens is 232 g/mol. The van der Waals surface area contributed by atoms with Gasteiger partial charge in [-0.1, -0.05) is 12.1 Å². The summed E-state index contributed by atoms with van der Waals surface area (Å²) in [6.45, 7) is 6.34. The Kier molecular flexibility index (Phi) is 4.68. The van der Waals surface area contributed by atoms with Gasteiger partial charge >= 0.3 is 0 Å². The van der Waals surface area contributed by atoms with Gasteiger partial charge in [-0.05, 0) is 14.1 Å². The molecule has 102 valence electrons. The lowest BCUT2D eigenvalue weighted by atomic mass is 10.2. The van der Waals surface area contributed by atoms with E-state index in [1.54, 1.807) is 0 Å². The molecule has 18 heavy (non-hydrogen) atoms. The summed E-state index contributed by atoms with van der Waals surface area (Å²) in [6.07, 6.45) is 1.06. The molecule has 0 N–H and O–H groups in total. The van der Waals surface area contributed by atoms with Crippen LogP contribution in [0.25, 0.3) is 0 Å². The fourth-order valence-electron chi connectivity index (χ4n) is 2.14. The quantitative estimate of drug-likeness (QED) is 0.758. The highest BCUT2D eigenvalue weighted by Crippen LogP contribution is 2.09. The molecular formula is C12H22N4O2. The number of hydrogen-bond donors (Lipinski definition) is 0. The summed E-state index contributed by atoms with van der Waals surface area (Å²) in [5.41, 5.74) is 0. The first kappa shape index (κ1) is 13.5. The van der Waals surface area contributed by atoms with Crippen LogP contribution in [0.1, 0.15) is 18.6 Å². The van der Waals surface area contributed by atoms with Crippen LogP contribution in [0.4, 0.5) is 0 Å². The van der Waals surface area contributed by atoms with Gasteiger partial charge in [0, 0.05) is 26.1 Å². The van der Waals surface area contributed by atoms with E-state index < -0.39 is 0 Å². The van der Waals surface area contributed by atoms with Crippen molar-refractivity contribution in [1.82, 2.24) is 19.9 Å². The maximum absolute atomic E-state index is 5.74. The average Bonchev–Trinajstić information content (AvgIpc) is 2.76. The number of hydrogen-bond acceptors (Lipinski definition) is 6. The summed E-state index contributed by atoms with van der Waals surface area (Å²) >= 11 is 0. The van der Waals surface area contributed by atoms with Crippen LogP contribution in [-0.2, 0) is 17.7 Å². The van der Waals surface area contributed by atoms with Gasteiger partial charge in [-0.3, -0.25) is 4.90 Å².